The zero-order valence-corrected chi connectivity index (χ0v) is 11.0. The number of hydrogen-bond donors (Lipinski definition) is 2. The first-order chi connectivity index (χ1) is 8.82. The second-order valence-electron chi connectivity index (χ2n) is 3.58. The average Bonchev–Trinajstić information content (AvgIpc) is 2.31. The number of nitro groups is 1. The molecule has 0 bridgehead atoms. The lowest BCUT2D eigenvalue weighted by Crippen LogP contribution is -2.31. The fourth-order valence-corrected chi connectivity index (χ4v) is 1.79. The Labute approximate surface area is 118 Å². The van der Waals surface area contributed by atoms with E-state index in [1.165, 1.54) is 0 Å². The minimum absolute atomic E-state index is 0.0231. The van der Waals surface area contributed by atoms with Gasteiger partial charge < -0.3 is 15.6 Å². The number of nitrogens with two attached hydrogens (primary N) is 1. The molecule has 0 amide bonds. The van der Waals surface area contributed by atoms with Crippen molar-refractivity contribution < 1.29 is 19.6 Å². The maximum atomic E-state index is 10.6. The summed E-state index contributed by atoms with van der Waals surface area (Å²) in [5.74, 6) is -1.09. The van der Waals surface area contributed by atoms with Gasteiger partial charge in [-0.05, 0) is 0 Å². The standard InChI is InChI=1S/C10H10Cl2N2O5/c11-6-3-5(14(17)18)4-7(12)9(6)19-2-1-8(13)10(15)16/h3-4,8H,1-2,13H2,(H,15,16). The molecule has 1 aromatic rings. The Bertz CT molecular complexity index is 486. The first-order valence-electron chi connectivity index (χ1n) is 5.07. The van der Waals surface area contributed by atoms with Crippen molar-refractivity contribution in [1.82, 2.24) is 0 Å². The number of benzene rings is 1. The smallest absolute Gasteiger partial charge is 0.320 e. The van der Waals surface area contributed by atoms with Gasteiger partial charge in [-0.2, -0.15) is 0 Å². The van der Waals surface area contributed by atoms with Crippen molar-refractivity contribution in [2.24, 2.45) is 5.73 Å². The Hall–Kier alpha value is -1.57. The lowest BCUT2D eigenvalue weighted by molar-refractivity contribution is -0.384. The van der Waals surface area contributed by atoms with E-state index in [2.05, 4.69) is 0 Å². The predicted molar refractivity (Wildman–Crippen MR) is 68.8 cm³/mol. The number of non-ortho nitro benzene ring substituents is 1. The number of carboxylic acid groups (broad SMARTS) is 1. The van der Waals surface area contributed by atoms with Gasteiger partial charge in [0.1, 0.15) is 6.04 Å². The molecule has 1 unspecified atom stereocenters. The molecule has 0 aromatic heterocycles. The van der Waals surface area contributed by atoms with Crippen molar-refractivity contribution in [1.29, 1.82) is 0 Å². The Morgan fingerprint density at radius 1 is 1.47 bits per heavy atom. The second-order valence-corrected chi connectivity index (χ2v) is 4.39. The molecule has 1 aromatic carbocycles. The van der Waals surface area contributed by atoms with Crippen LogP contribution in [-0.2, 0) is 4.79 Å². The fraction of sp³-hybridized carbons (Fsp3) is 0.300. The van der Waals surface area contributed by atoms with Gasteiger partial charge in [-0.3, -0.25) is 14.9 Å². The third kappa shape index (κ3) is 4.23. The number of carbonyl (C=O) groups is 1. The third-order valence-electron chi connectivity index (χ3n) is 2.19. The predicted octanol–water partition coefficient (Wildman–Crippen LogP) is 2.08. The number of hydrogen-bond acceptors (Lipinski definition) is 5. The van der Waals surface area contributed by atoms with E-state index in [0.29, 0.717) is 0 Å². The van der Waals surface area contributed by atoms with Crippen molar-refractivity contribution in [2.45, 2.75) is 12.5 Å². The molecule has 3 N–H and O–H groups in total. The highest BCUT2D eigenvalue weighted by Crippen LogP contribution is 2.36. The molecule has 0 fully saturated rings. The molecule has 0 aliphatic carbocycles. The van der Waals surface area contributed by atoms with Gasteiger partial charge in [-0.1, -0.05) is 23.2 Å². The van der Waals surface area contributed by atoms with E-state index in [-0.39, 0.29) is 34.5 Å². The van der Waals surface area contributed by atoms with Crippen molar-refractivity contribution >= 4 is 34.9 Å². The second kappa shape index (κ2) is 6.55. The summed E-state index contributed by atoms with van der Waals surface area (Å²) in [6, 6.07) is 1.13. The molecule has 0 aliphatic rings. The molecular formula is C10H10Cl2N2O5. The summed E-state index contributed by atoms with van der Waals surface area (Å²) < 4.78 is 5.19. The Kier molecular flexibility index (Phi) is 5.34. The van der Waals surface area contributed by atoms with E-state index < -0.39 is 16.9 Å². The van der Waals surface area contributed by atoms with Gasteiger partial charge in [0.15, 0.2) is 5.75 Å². The fourth-order valence-electron chi connectivity index (χ4n) is 1.20. The first-order valence-corrected chi connectivity index (χ1v) is 5.83. The maximum Gasteiger partial charge on any atom is 0.320 e. The highest BCUT2D eigenvalue weighted by atomic mass is 35.5. The van der Waals surface area contributed by atoms with Crippen LogP contribution in [0.3, 0.4) is 0 Å². The summed E-state index contributed by atoms with van der Waals surface area (Å²) in [6.45, 7) is -0.0231. The lowest BCUT2D eigenvalue weighted by atomic mass is 10.2. The number of ether oxygens (including phenoxy) is 1. The maximum absolute atomic E-state index is 10.6. The SMILES string of the molecule is NC(CCOc1c(Cl)cc([N+](=O)[O-])cc1Cl)C(=O)O. The van der Waals surface area contributed by atoms with Crippen molar-refractivity contribution in [3.63, 3.8) is 0 Å². The largest absolute Gasteiger partial charge is 0.490 e. The van der Waals surface area contributed by atoms with Gasteiger partial charge >= 0.3 is 5.97 Å². The van der Waals surface area contributed by atoms with Crippen LogP contribution in [0.15, 0.2) is 12.1 Å². The van der Waals surface area contributed by atoms with Crippen LogP contribution >= 0.6 is 23.2 Å². The molecule has 1 atom stereocenters. The Balaban J connectivity index is 2.74. The van der Waals surface area contributed by atoms with Crippen LogP contribution in [0.4, 0.5) is 5.69 Å². The van der Waals surface area contributed by atoms with E-state index in [9.17, 15) is 14.9 Å². The van der Waals surface area contributed by atoms with E-state index in [4.69, 9.17) is 38.8 Å². The Morgan fingerprint density at radius 2 is 2.00 bits per heavy atom. The summed E-state index contributed by atoms with van der Waals surface area (Å²) in [4.78, 5) is 20.4. The normalized spacial score (nSPS) is 11.9. The van der Waals surface area contributed by atoms with Gasteiger partial charge in [-0.25, -0.2) is 0 Å². The van der Waals surface area contributed by atoms with Crippen molar-refractivity contribution in [2.75, 3.05) is 6.61 Å². The third-order valence-corrected chi connectivity index (χ3v) is 2.75. The first kappa shape index (κ1) is 15.5. The highest BCUT2D eigenvalue weighted by molar-refractivity contribution is 6.37. The Morgan fingerprint density at radius 3 is 2.42 bits per heavy atom. The number of rotatable bonds is 6. The number of nitrogens with zero attached hydrogens (tertiary/aromatic N) is 1. The van der Waals surface area contributed by atoms with Crippen LogP contribution in [0.1, 0.15) is 6.42 Å². The lowest BCUT2D eigenvalue weighted by Gasteiger charge is -2.11. The van der Waals surface area contributed by atoms with Gasteiger partial charge in [-0.15, -0.1) is 0 Å². The average molecular weight is 309 g/mol. The minimum Gasteiger partial charge on any atom is -0.490 e. The van der Waals surface area contributed by atoms with Crippen LogP contribution in [-0.4, -0.2) is 28.6 Å². The van der Waals surface area contributed by atoms with E-state index >= 15 is 0 Å². The molecule has 0 saturated heterocycles. The quantitative estimate of drug-likeness (QED) is 0.614. The zero-order chi connectivity index (χ0) is 14.6. The summed E-state index contributed by atoms with van der Waals surface area (Å²) >= 11 is 11.6. The summed E-state index contributed by atoms with van der Waals surface area (Å²) in [7, 11) is 0. The minimum atomic E-state index is -1.15. The summed E-state index contributed by atoms with van der Waals surface area (Å²) in [5.41, 5.74) is 5.03. The molecule has 0 heterocycles. The highest BCUT2D eigenvalue weighted by Gasteiger charge is 2.17. The molecule has 1 rings (SSSR count). The van der Waals surface area contributed by atoms with E-state index in [0.717, 1.165) is 12.1 Å². The van der Waals surface area contributed by atoms with Crippen LogP contribution in [0.25, 0.3) is 0 Å². The topological polar surface area (TPSA) is 116 Å². The summed E-state index contributed by atoms with van der Waals surface area (Å²) in [5, 5.41) is 19.1. The van der Waals surface area contributed by atoms with Gasteiger partial charge in [0.05, 0.1) is 21.6 Å². The zero-order valence-electron chi connectivity index (χ0n) is 9.51. The van der Waals surface area contributed by atoms with Crippen molar-refractivity contribution in [3.8, 4) is 5.75 Å². The summed E-state index contributed by atoms with van der Waals surface area (Å²) in [6.07, 6.45) is 0.0545. The van der Waals surface area contributed by atoms with Crippen LogP contribution < -0.4 is 10.5 Å². The van der Waals surface area contributed by atoms with Crippen LogP contribution in [0.2, 0.25) is 10.0 Å². The van der Waals surface area contributed by atoms with Gasteiger partial charge in [0.2, 0.25) is 0 Å². The number of carboxylic acids is 1. The molecule has 104 valence electrons. The van der Waals surface area contributed by atoms with Crippen LogP contribution in [0, 0.1) is 10.1 Å². The molecule has 7 nitrogen and oxygen atoms in total. The molecule has 19 heavy (non-hydrogen) atoms. The molecule has 0 aliphatic heterocycles. The van der Waals surface area contributed by atoms with Crippen LogP contribution in [0.5, 0.6) is 5.75 Å². The molecular weight excluding hydrogens is 299 g/mol. The van der Waals surface area contributed by atoms with E-state index in [1.807, 2.05) is 0 Å². The molecule has 9 heteroatoms. The van der Waals surface area contributed by atoms with Gasteiger partial charge in [0.25, 0.3) is 5.69 Å². The number of halogens is 2. The molecule has 0 saturated carbocycles. The van der Waals surface area contributed by atoms with Crippen molar-refractivity contribution in [3.05, 3.63) is 32.3 Å². The monoisotopic (exact) mass is 308 g/mol. The van der Waals surface area contributed by atoms with Gasteiger partial charge in [0, 0.05) is 18.6 Å². The molecule has 0 spiro atoms. The van der Waals surface area contributed by atoms with E-state index in [1.54, 1.807) is 0 Å². The number of nitro benzene ring substituents is 1. The number of aliphatic carboxylic acids is 1. The molecule has 0 radical (unpaired) electrons.